The average molecular weight is 605 g/mol. The third kappa shape index (κ3) is 7.05. The number of unbranched alkanes of at least 4 members (excludes halogenated alkanes) is 2. The summed E-state index contributed by atoms with van der Waals surface area (Å²) in [6.07, 6.45) is 6.33. The Morgan fingerprint density at radius 3 is 2.64 bits per heavy atom. The van der Waals surface area contributed by atoms with Gasteiger partial charge in [-0.3, -0.25) is 14.6 Å². The predicted molar refractivity (Wildman–Crippen MR) is 166 cm³/mol. The maximum Gasteiger partial charge on any atom is 0.410 e. The van der Waals surface area contributed by atoms with E-state index in [1.807, 2.05) is 58.9 Å². The summed E-state index contributed by atoms with van der Waals surface area (Å²) in [5, 5.41) is 4.16. The lowest BCUT2D eigenvalue weighted by molar-refractivity contribution is -0.125. The van der Waals surface area contributed by atoms with Crippen LogP contribution < -0.4 is 10.1 Å². The number of amides is 2. The number of carbonyl (C=O) groups excluding carboxylic acids is 3. The zero-order valence-electron chi connectivity index (χ0n) is 26.7. The lowest BCUT2D eigenvalue weighted by Gasteiger charge is -2.41. The van der Waals surface area contributed by atoms with Crippen molar-refractivity contribution in [2.24, 2.45) is 11.3 Å². The summed E-state index contributed by atoms with van der Waals surface area (Å²) >= 11 is 0. The molecule has 1 N–H and O–H groups in total. The van der Waals surface area contributed by atoms with Gasteiger partial charge < -0.3 is 24.1 Å². The number of ether oxygens (including phenoxy) is 2. The van der Waals surface area contributed by atoms with Crippen LogP contribution in [0.5, 0.6) is 5.75 Å². The standard InChI is InChI=1S/C34H44N4O6/c1-7-23(39)11-9-8-10-12-26(37-30(40)25-17-34(25)19-38(20-34)32(41)44-33(3,4)5)31-35-18-29(43-31)24-15-22-14-13-21(2)36-27(22)16-28(24)42-6/h13-16,18,25-26H,7-12,17,19-20H2,1-6H3,(H,37,40)/t25-,26+/m1/s1. The van der Waals surface area contributed by atoms with E-state index in [0.29, 0.717) is 49.8 Å². The number of carbonyl (C=O) groups is 3. The Morgan fingerprint density at radius 2 is 1.93 bits per heavy atom. The van der Waals surface area contributed by atoms with Gasteiger partial charge in [-0.15, -0.1) is 0 Å². The molecule has 3 heterocycles. The summed E-state index contributed by atoms with van der Waals surface area (Å²) < 4.78 is 17.5. The molecular formula is C34H44N4O6. The van der Waals surface area contributed by atoms with Gasteiger partial charge in [0.05, 0.1) is 24.4 Å². The lowest BCUT2D eigenvalue weighted by atomic mass is 9.93. The molecule has 2 atom stereocenters. The molecule has 1 saturated carbocycles. The minimum absolute atomic E-state index is 0.0514. The second kappa shape index (κ2) is 12.6. The zero-order chi connectivity index (χ0) is 31.6. The number of pyridine rings is 1. The van der Waals surface area contributed by atoms with Crippen molar-refractivity contribution in [3.63, 3.8) is 0 Å². The molecule has 2 amide bonds. The smallest absolute Gasteiger partial charge is 0.410 e. The number of nitrogens with one attached hydrogen (secondary N) is 1. The second-order valence-corrected chi connectivity index (χ2v) is 13.3. The Balaban J connectivity index is 1.29. The highest BCUT2D eigenvalue weighted by Crippen LogP contribution is 2.59. The molecule has 3 aromatic rings. The molecule has 10 heteroatoms. The van der Waals surface area contributed by atoms with E-state index in [1.54, 1.807) is 18.2 Å². The molecular weight excluding hydrogens is 560 g/mol. The van der Waals surface area contributed by atoms with Crippen molar-refractivity contribution in [1.82, 2.24) is 20.2 Å². The van der Waals surface area contributed by atoms with Crippen LogP contribution in [0.2, 0.25) is 0 Å². The van der Waals surface area contributed by atoms with Gasteiger partial charge in [0.1, 0.15) is 23.2 Å². The molecule has 0 radical (unpaired) electrons. The van der Waals surface area contributed by atoms with Gasteiger partial charge in [-0.05, 0) is 59.1 Å². The van der Waals surface area contributed by atoms with E-state index >= 15 is 0 Å². The van der Waals surface area contributed by atoms with Gasteiger partial charge in [-0.2, -0.15) is 0 Å². The van der Waals surface area contributed by atoms with Crippen LogP contribution in [0.4, 0.5) is 4.79 Å². The zero-order valence-corrected chi connectivity index (χ0v) is 26.7. The van der Waals surface area contributed by atoms with E-state index in [9.17, 15) is 14.4 Å². The summed E-state index contributed by atoms with van der Waals surface area (Å²) in [4.78, 5) is 48.5. The van der Waals surface area contributed by atoms with Crippen LogP contribution in [0, 0.1) is 18.3 Å². The average Bonchev–Trinajstić information content (AvgIpc) is 3.53. The fourth-order valence-corrected chi connectivity index (χ4v) is 5.98. The van der Waals surface area contributed by atoms with Crippen molar-refractivity contribution >= 4 is 28.7 Å². The molecule has 2 fully saturated rings. The number of rotatable bonds is 12. The quantitative estimate of drug-likeness (QED) is 0.231. The van der Waals surface area contributed by atoms with E-state index in [0.717, 1.165) is 47.8 Å². The number of likely N-dealkylation sites (tertiary alicyclic amines) is 1. The number of ketones is 1. The maximum absolute atomic E-state index is 13.5. The van der Waals surface area contributed by atoms with E-state index in [1.165, 1.54) is 0 Å². The van der Waals surface area contributed by atoms with Gasteiger partial charge in [0.2, 0.25) is 11.8 Å². The first kappa shape index (κ1) is 31.5. The monoisotopic (exact) mass is 604 g/mol. The minimum atomic E-state index is -0.557. The van der Waals surface area contributed by atoms with Gasteiger partial charge in [0.15, 0.2) is 5.76 Å². The number of hydrogen-bond donors (Lipinski definition) is 1. The van der Waals surface area contributed by atoms with Crippen molar-refractivity contribution in [1.29, 1.82) is 0 Å². The Morgan fingerprint density at radius 1 is 1.16 bits per heavy atom. The highest BCUT2D eigenvalue weighted by atomic mass is 16.6. The van der Waals surface area contributed by atoms with Gasteiger partial charge in [-0.25, -0.2) is 9.78 Å². The van der Waals surface area contributed by atoms with Crippen LogP contribution in [0.15, 0.2) is 34.9 Å². The van der Waals surface area contributed by atoms with E-state index in [4.69, 9.17) is 13.9 Å². The fraction of sp³-hybridized carbons (Fsp3) is 0.559. The Hall–Kier alpha value is -3.95. The fourth-order valence-electron chi connectivity index (χ4n) is 5.98. The molecule has 5 rings (SSSR count). The molecule has 1 spiro atoms. The van der Waals surface area contributed by atoms with Crippen LogP contribution in [0.25, 0.3) is 22.2 Å². The molecule has 2 aliphatic rings. The van der Waals surface area contributed by atoms with Crippen LogP contribution in [-0.2, 0) is 14.3 Å². The van der Waals surface area contributed by atoms with Crippen molar-refractivity contribution in [2.75, 3.05) is 20.2 Å². The molecule has 2 aromatic heterocycles. The highest BCUT2D eigenvalue weighted by Gasteiger charge is 2.66. The largest absolute Gasteiger partial charge is 0.496 e. The van der Waals surface area contributed by atoms with Crippen LogP contribution >= 0.6 is 0 Å². The molecule has 236 valence electrons. The molecule has 0 bridgehead atoms. The number of aryl methyl sites for hydroxylation is 1. The number of nitrogens with zero attached hydrogens (tertiary/aromatic N) is 3. The number of benzene rings is 1. The maximum atomic E-state index is 13.5. The molecule has 1 aromatic carbocycles. The Labute approximate surface area is 258 Å². The van der Waals surface area contributed by atoms with Crippen LogP contribution in [0.1, 0.15) is 90.3 Å². The number of Topliss-reactive ketones (excluding diaryl/α,β-unsaturated/α-hetero) is 1. The van der Waals surface area contributed by atoms with Gasteiger partial charge in [0.25, 0.3) is 0 Å². The summed E-state index contributed by atoms with van der Waals surface area (Å²) in [6, 6.07) is 7.42. The summed E-state index contributed by atoms with van der Waals surface area (Å²) in [5.41, 5.74) is 1.77. The first-order valence-electron chi connectivity index (χ1n) is 15.6. The summed E-state index contributed by atoms with van der Waals surface area (Å²) in [5.74, 6) is 1.64. The number of methoxy groups -OCH3 is 1. The number of fused-ring (bicyclic) bond motifs is 1. The molecule has 1 aliphatic carbocycles. The molecule has 0 unspecified atom stereocenters. The van der Waals surface area contributed by atoms with Crippen LogP contribution in [0.3, 0.4) is 0 Å². The first-order valence-corrected chi connectivity index (χ1v) is 15.6. The number of aromatic nitrogens is 2. The normalized spacial score (nSPS) is 17.7. The molecule has 1 aliphatic heterocycles. The van der Waals surface area contributed by atoms with Gasteiger partial charge >= 0.3 is 6.09 Å². The summed E-state index contributed by atoms with van der Waals surface area (Å²) in [6.45, 7) is 10.4. The molecule has 44 heavy (non-hydrogen) atoms. The molecule has 10 nitrogen and oxygen atoms in total. The minimum Gasteiger partial charge on any atom is -0.496 e. The van der Waals surface area contributed by atoms with E-state index < -0.39 is 11.6 Å². The number of oxazole rings is 1. The second-order valence-electron chi connectivity index (χ2n) is 13.3. The third-order valence-corrected chi connectivity index (χ3v) is 8.57. The summed E-state index contributed by atoms with van der Waals surface area (Å²) in [7, 11) is 1.61. The highest BCUT2D eigenvalue weighted by molar-refractivity contribution is 5.87. The Kier molecular flexibility index (Phi) is 9.00. The topological polar surface area (TPSA) is 124 Å². The van der Waals surface area contributed by atoms with Crippen molar-refractivity contribution in [3.05, 3.63) is 42.0 Å². The predicted octanol–water partition coefficient (Wildman–Crippen LogP) is 6.55. The first-order chi connectivity index (χ1) is 20.9. The van der Waals surface area contributed by atoms with Gasteiger partial charge in [0, 0.05) is 54.4 Å². The van der Waals surface area contributed by atoms with Crippen molar-refractivity contribution in [2.45, 2.75) is 91.2 Å². The van der Waals surface area contributed by atoms with Crippen molar-refractivity contribution in [3.8, 4) is 17.1 Å². The van der Waals surface area contributed by atoms with E-state index in [2.05, 4.69) is 15.3 Å². The lowest BCUT2D eigenvalue weighted by Crippen LogP contribution is -2.54. The van der Waals surface area contributed by atoms with Crippen LogP contribution in [-0.4, -0.2) is 58.5 Å². The third-order valence-electron chi connectivity index (χ3n) is 8.57. The SMILES string of the molecule is CCC(=O)CCCCC[C@H](NC(=O)[C@H]1CC12CN(C(=O)OC(C)(C)C)C2)c1ncc(-c2cc3ccc(C)nc3cc2OC)o1. The Bertz CT molecular complexity index is 1530. The van der Waals surface area contributed by atoms with E-state index in [-0.39, 0.29) is 29.1 Å². The van der Waals surface area contributed by atoms with Crippen molar-refractivity contribution < 1.29 is 28.3 Å². The number of hydrogen-bond acceptors (Lipinski definition) is 8. The molecule has 1 saturated heterocycles. The van der Waals surface area contributed by atoms with Gasteiger partial charge in [-0.1, -0.05) is 25.8 Å².